The van der Waals surface area contributed by atoms with Gasteiger partial charge in [-0.25, -0.2) is 9.97 Å². The van der Waals surface area contributed by atoms with Crippen molar-refractivity contribution in [2.75, 3.05) is 5.43 Å². The van der Waals surface area contributed by atoms with Crippen LogP contribution in [0.15, 0.2) is 70.2 Å². The Kier molecular flexibility index (Phi) is 5.14. The van der Waals surface area contributed by atoms with E-state index >= 15 is 0 Å². The second-order valence-corrected chi connectivity index (χ2v) is 7.35. The Morgan fingerprint density at radius 2 is 1.72 bits per heavy atom. The second kappa shape index (κ2) is 7.89. The van der Waals surface area contributed by atoms with Gasteiger partial charge in [-0.3, -0.25) is 5.43 Å². The fourth-order valence-corrected chi connectivity index (χ4v) is 3.13. The van der Waals surface area contributed by atoms with Crippen LogP contribution < -0.4 is 5.43 Å². The molecule has 7 heteroatoms. The molecular formula is C22H17BrN4O2. The number of phenolic OH excluding ortho intramolecular Hbond substituents is 2. The molecule has 0 amide bonds. The second-order valence-electron chi connectivity index (χ2n) is 6.44. The van der Waals surface area contributed by atoms with Crippen molar-refractivity contribution in [3.63, 3.8) is 0 Å². The number of hydrogen-bond donors (Lipinski definition) is 3. The summed E-state index contributed by atoms with van der Waals surface area (Å²) in [6.07, 6.45) is 1.48. The molecule has 1 heterocycles. The number of aromatic nitrogens is 2. The Labute approximate surface area is 175 Å². The van der Waals surface area contributed by atoms with E-state index in [2.05, 4.69) is 36.4 Å². The van der Waals surface area contributed by atoms with Gasteiger partial charge in [0.15, 0.2) is 11.6 Å². The number of hydrogen-bond acceptors (Lipinski definition) is 6. The third-order valence-corrected chi connectivity index (χ3v) is 5.04. The summed E-state index contributed by atoms with van der Waals surface area (Å²) >= 11 is 3.44. The van der Waals surface area contributed by atoms with Crippen molar-refractivity contribution in [2.24, 2.45) is 5.10 Å². The third-order valence-electron chi connectivity index (χ3n) is 4.51. The van der Waals surface area contributed by atoms with Crippen LogP contribution in [0.4, 0.5) is 5.82 Å². The molecule has 3 aromatic carbocycles. The molecule has 29 heavy (non-hydrogen) atoms. The average molecular weight is 449 g/mol. The molecule has 0 aliphatic rings. The van der Waals surface area contributed by atoms with Gasteiger partial charge >= 0.3 is 0 Å². The van der Waals surface area contributed by atoms with E-state index in [0.717, 1.165) is 20.9 Å². The van der Waals surface area contributed by atoms with Gasteiger partial charge in [0.1, 0.15) is 11.5 Å². The van der Waals surface area contributed by atoms with E-state index in [-0.39, 0.29) is 11.5 Å². The molecule has 6 nitrogen and oxygen atoms in total. The van der Waals surface area contributed by atoms with Gasteiger partial charge in [0, 0.05) is 26.5 Å². The van der Waals surface area contributed by atoms with E-state index in [1.54, 1.807) is 13.0 Å². The highest BCUT2D eigenvalue weighted by Gasteiger charge is 2.10. The average Bonchev–Trinajstić information content (AvgIpc) is 2.74. The number of anilines is 1. The quantitative estimate of drug-likeness (QED) is 0.293. The summed E-state index contributed by atoms with van der Waals surface area (Å²) in [6.45, 7) is 1.64. The maximum Gasteiger partial charge on any atom is 0.162 e. The molecule has 0 aliphatic carbocycles. The highest BCUT2D eigenvalue weighted by Crippen LogP contribution is 2.29. The Bertz CT molecular complexity index is 1220. The van der Waals surface area contributed by atoms with E-state index in [9.17, 15) is 10.2 Å². The van der Waals surface area contributed by atoms with Crippen LogP contribution in [0.2, 0.25) is 0 Å². The van der Waals surface area contributed by atoms with Crippen LogP contribution >= 0.6 is 15.9 Å². The Hall–Kier alpha value is -3.45. The zero-order chi connectivity index (χ0) is 20.4. The molecule has 0 unspecified atom stereocenters. The lowest BCUT2D eigenvalue weighted by atomic mass is 10.1. The molecule has 0 radical (unpaired) electrons. The number of fused-ring (bicyclic) bond motifs is 1. The maximum atomic E-state index is 10.2. The summed E-state index contributed by atoms with van der Waals surface area (Å²) in [5.41, 5.74) is 5.52. The molecule has 0 aliphatic heterocycles. The minimum Gasteiger partial charge on any atom is -0.508 e. The van der Waals surface area contributed by atoms with E-state index in [4.69, 9.17) is 0 Å². The monoisotopic (exact) mass is 448 g/mol. The van der Waals surface area contributed by atoms with Crippen molar-refractivity contribution in [3.05, 3.63) is 76.3 Å². The number of benzene rings is 3. The smallest absolute Gasteiger partial charge is 0.162 e. The first kappa shape index (κ1) is 18.9. The number of halogens is 1. The lowest BCUT2D eigenvalue weighted by Crippen LogP contribution is -1.99. The Morgan fingerprint density at radius 3 is 2.52 bits per heavy atom. The van der Waals surface area contributed by atoms with Gasteiger partial charge in [-0.05, 0) is 43.3 Å². The van der Waals surface area contributed by atoms with Crippen LogP contribution in [0.1, 0.15) is 11.1 Å². The topological polar surface area (TPSA) is 90.6 Å². The lowest BCUT2D eigenvalue weighted by Gasteiger charge is -2.09. The van der Waals surface area contributed by atoms with Gasteiger partial charge in [0.05, 0.1) is 11.7 Å². The van der Waals surface area contributed by atoms with Crippen molar-refractivity contribution in [1.82, 2.24) is 9.97 Å². The molecular weight excluding hydrogens is 432 g/mol. The minimum absolute atomic E-state index is 0.0151. The van der Waals surface area contributed by atoms with Crippen molar-refractivity contribution in [3.8, 4) is 22.9 Å². The maximum absolute atomic E-state index is 10.2. The van der Waals surface area contributed by atoms with Crippen molar-refractivity contribution in [1.29, 1.82) is 0 Å². The van der Waals surface area contributed by atoms with Gasteiger partial charge < -0.3 is 10.2 Å². The molecule has 4 aromatic rings. The van der Waals surface area contributed by atoms with E-state index in [1.165, 1.54) is 12.3 Å². The van der Waals surface area contributed by atoms with Crippen molar-refractivity contribution < 1.29 is 10.2 Å². The fourth-order valence-electron chi connectivity index (χ4n) is 2.87. The van der Waals surface area contributed by atoms with Crippen LogP contribution in [-0.4, -0.2) is 26.4 Å². The van der Waals surface area contributed by atoms with E-state index in [1.807, 2.05) is 48.5 Å². The molecule has 4 rings (SSSR count). The van der Waals surface area contributed by atoms with Gasteiger partial charge in [-0.15, -0.1) is 0 Å². The molecule has 0 saturated carbocycles. The molecule has 3 N–H and O–H groups in total. The van der Waals surface area contributed by atoms with E-state index < -0.39 is 0 Å². The summed E-state index contributed by atoms with van der Waals surface area (Å²) in [6, 6.07) is 18.5. The molecule has 0 saturated heterocycles. The molecule has 144 valence electrons. The standard InChI is InChI=1S/C22H17BrN4O2/c1-13-19(28)11-8-15(20(13)29)12-24-27-22-17-4-2-3-5-18(17)25-21(26-22)14-6-9-16(23)10-7-14/h2-12,28-29H,1H3,(H,25,26,27)/b24-12+. The van der Waals surface area contributed by atoms with Crippen LogP contribution in [0.3, 0.4) is 0 Å². The number of rotatable bonds is 4. The number of hydrazone groups is 1. The Morgan fingerprint density at radius 1 is 0.966 bits per heavy atom. The molecule has 0 spiro atoms. The highest BCUT2D eigenvalue weighted by atomic mass is 79.9. The first-order valence-electron chi connectivity index (χ1n) is 8.86. The SMILES string of the molecule is Cc1c(O)ccc(/C=N/Nc2nc(-c3ccc(Br)cc3)nc3ccccc23)c1O. The van der Waals surface area contributed by atoms with Gasteiger partial charge in [0.25, 0.3) is 0 Å². The molecule has 1 aromatic heterocycles. The molecule has 0 bridgehead atoms. The molecule has 0 atom stereocenters. The fraction of sp³-hybridized carbons (Fsp3) is 0.0455. The van der Waals surface area contributed by atoms with E-state index in [0.29, 0.717) is 22.8 Å². The zero-order valence-corrected chi connectivity index (χ0v) is 17.1. The predicted octanol–water partition coefficient (Wildman–Crippen LogP) is 5.22. The summed E-state index contributed by atoms with van der Waals surface area (Å²) < 4.78 is 0.981. The number of nitrogens with zero attached hydrogens (tertiary/aromatic N) is 3. The van der Waals surface area contributed by atoms with Crippen LogP contribution in [0.25, 0.3) is 22.3 Å². The Balaban J connectivity index is 1.71. The number of nitrogens with one attached hydrogen (secondary N) is 1. The van der Waals surface area contributed by atoms with Crippen molar-refractivity contribution >= 4 is 38.9 Å². The largest absolute Gasteiger partial charge is 0.508 e. The van der Waals surface area contributed by atoms with Crippen LogP contribution in [0.5, 0.6) is 11.5 Å². The first-order valence-corrected chi connectivity index (χ1v) is 9.65. The summed E-state index contributed by atoms with van der Waals surface area (Å²) in [5.74, 6) is 1.16. The zero-order valence-electron chi connectivity index (χ0n) is 15.5. The summed E-state index contributed by atoms with van der Waals surface area (Å²) in [4.78, 5) is 9.28. The minimum atomic E-state index is -0.0151. The summed E-state index contributed by atoms with van der Waals surface area (Å²) in [5, 5.41) is 24.9. The number of phenols is 2. The summed E-state index contributed by atoms with van der Waals surface area (Å²) in [7, 11) is 0. The first-order chi connectivity index (χ1) is 14.0. The number of para-hydroxylation sites is 1. The van der Waals surface area contributed by atoms with Gasteiger partial charge in [0.2, 0.25) is 0 Å². The van der Waals surface area contributed by atoms with Crippen molar-refractivity contribution in [2.45, 2.75) is 6.92 Å². The predicted molar refractivity (Wildman–Crippen MR) is 118 cm³/mol. The van der Waals surface area contributed by atoms with Crippen LogP contribution in [-0.2, 0) is 0 Å². The third kappa shape index (κ3) is 3.90. The van der Waals surface area contributed by atoms with Gasteiger partial charge in [-0.1, -0.05) is 40.2 Å². The highest BCUT2D eigenvalue weighted by molar-refractivity contribution is 9.10. The van der Waals surface area contributed by atoms with Crippen LogP contribution in [0, 0.1) is 6.92 Å². The number of aromatic hydroxyl groups is 2. The van der Waals surface area contributed by atoms with Gasteiger partial charge in [-0.2, -0.15) is 5.10 Å². The lowest BCUT2D eigenvalue weighted by molar-refractivity contribution is 0.442. The normalized spacial score (nSPS) is 11.2. The molecule has 0 fully saturated rings.